The summed E-state index contributed by atoms with van der Waals surface area (Å²) in [6.45, 7) is 0. The van der Waals surface area contributed by atoms with Crippen molar-refractivity contribution in [1.29, 1.82) is 0 Å². The van der Waals surface area contributed by atoms with E-state index in [0.29, 0.717) is 17.3 Å². The van der Waals surface area contributed by atoms with Crippen LogP contribution in [0, 0.1) is 186 Å². The topological polar surface area (TPSA) is 51.2 Å². The summed E-state index contributed by atoms with van der Waals surface area (Å²) in [4.78, 5) is 53.1. The van der Waals surface area contributed by atoms with Crippen LogP contribution in [0.3, 0.4) is 0 Å². The summed E-state index contributed by atoms with van der Waals surface area (Å²) in [5.41, 5.74) is -12.0. The van der Waals surface area contributed by atoms with Crippen molar-refractivity contribution in [2.75, 3.05) is 0 Å². The molecule has 12 aliphatic carbocycles. The molecular weight excluding hydrogens is 1700 g/mol. The molecule has 0 aromatic heterocycles. The summed E-state index contributed by atoms with van der Waals surface area (Å²) in [7, 11) is -0.360. The molecule has 12 bridgehead atoms. The highest BCUT2D eigenvalue weighted by atomic mass is 32.2. The summed E-state index contributed by atoms with van der Waals surface area (Å²) in [5.74, 6) is -63.3. The maximum atomic E-state index is 15.4. The summed E-state index contributed by atoms with van der Waals surface area (Å²) in [5, 5.41) is 0. The minimum absolute atomic E-state index is 0. The van der Waals surface area contributed by atoms with Gasteiger partial charge in [0, 0.05) is 62.3 Å². The maximum absolute atomic E-state index is 15.4. The van der Waals surface area contributed by atoms with Crippen LogP contribution in [0.4, 0.5) is 87.8 Å². The number of benzene rings is 10. The molecule has 10 aromatic rings. The minimum Gasteiger partial charge on any atom is -0.294 e. The van der Waals surface area contributed by atoms with Crippen LogP contribution in [0.2, 0.25) is 0 Å². The molecule has 0 heterocycles. The SMILES string of the molecule is C.Fc1c(F)c(F)c([B-](c2c(F)c(F)c(F)c(F)c2F)(c2c(F)c(F)c(F)c(F)c2F)c2c(F)c(F)c(F)c(F)c2F)c(F)c1F.O=C(c1ccc(Sc2ccc([S+](c3ccc(Sc4ccc(C(=O)C56CC7CC(CC(C7)C5)C6)cc4)cc3)c3ccc(Sc4ccc(C(=O)C56CC7CC(CC(C7)C5)C6)cc4)cc3)cc2)cc1)C12CC3CC(CC(C3)C1)C2. The fourth-order valence-corrected chi connectivity index (χ4v) is 28.2. The van der Waals surface area contributed by atoms with Crippen molar-refractivity contribution in [1.82, 2.24) is 0 Å². The van der Waals surface area contributed by atoms with E-state index in [1.165, 1.54) is 87.2 Å². The molecular formula is C94H73BF20O3S4. The third-order valence-corrected chi connectivity index (χ3v) is 32.8. The molecule has 0 unspecified atom stereocenters. The molecule has 12 aliphatic rings. The Bertz CT molecular complexity index is 5040. The Morgan fingerprint density at radius 2 is 0.369 bits per heavy atom. The van der Waals surface area contributed by atoms with Crippen LogP contribution in [-0.4, -0.2) is 23.5 Å². The molecule has 0 aliphatic heterocycles. The van der Waals surface area contributed by atoms with Crippen molar-refractivity contribution in [2.45, 2.75) is 167 Å². The Hall–Kier alpha value is -8.73. The lowest BCUT2D eigenvalue weighted by atomic mass is 9.12. The number of hydrogen-bond donors (Lipinski definition) is 0. The standard InChI is InChI=1S/C69H69O3S4.C24BF20.CH4/c70-64(67-34-43-25-44(35-67)27-45(26-43)36-67)52-1-7-55(8-2-52)73-58-13-19-61(20-14-58)76(62-21-15-59(16-22-62)74-56-9-3-53(4-10-56)65(71)68-37-46-28-47(38-68)30-48(29-46)39-68)63-23-17-60(18-24-63)75-57-11-5-54(6-12-57)66(72)69-40-49-31-50(41-69)33-51(32-49)42-69;26-5-1(6(27)14(35)21(42)13(5)34)25(2-7(28)15(36)22(43)16(37)8(2)29,3-9(30)17(38)23(44)18(39)10(3)31)4-11(32)19(40)24(45)20(41)12(4)33;/h1-24,43-51H,25-42H2;;1H4/q+1;-1;. The fourth-order valence-electron chi connectivity index (χ4n) is 23.7. The van der Waals surface area contributed by atoms with Gasteiger partial charge in [-0.05, 0) is 278 Å². The number of rotatable bonds is 19. The zero-order chi connectivity index (χ0) is 85.1. The summed E-state index contributed by atoms with van der Waals surface area (Å²) >= 11 is 5.29. The van der Waals surface area contributed by atoms with Crippen molar-refractivity contribution < 1.29 is 102 Å². The molecule has 0 atom stereocenters. The van der Waals surface area contributed by atoms with Crippen molar-refractivity contribution >= 4 is 91.5 Å². The van der Waals surface area contributed by atoms with Gasteiger partial charge < -0.3 is 0 Å². The molecule has 122 heavy (non-hydrogen) atoms. The lowest BCUT2D eigenvalue weighted by Crippen LogP contribution is -2.81. The number of carbonyl (C=O) groups is 3. The largest absolute Gasteiger partial charge is 0.294 e. The highest BCUT2D eigenvalue weighted by Gasteiger charge is 2.59. The van der Waals surface area contributed by atoms with E-state index in [2.05, 4.69) is 146 Å². The first-order valence-electron chi connectivity index (χ1n) is 40.0. The van der Waals surface area contributed by atoms with Crippen LogP contribution in [0.25, 0.3) is 0 Å². The normalized spacial score (nSPS) is 25.2. The van der Waals surface area contributed by atoms with Gasteiger partial charge in [-0.25, -0.2) is 87.8 Å². The van der Waals surface area contributed by atoms with Gasteiger partial charge >= 0.3 is 0 Å². The maximum Gasteiger partial charge on any atom is 0.200 e. The Morgan fingerprint density at radius 1 is 0.230 bits per heavy atom. The first-order valence-corrected chi connectivity index (χ1v) is 43.7. The van der Waals surface area contributed by atoms with Crippen LogP contribution < -0.4 is 21.9 Å². The average molecular weight is 1770 g/mol. The Balaban J connectivity index is 0.000000198. The van der Waals surface area contributed by atoms with Gasteiger partial charge in [-0.3, -0.25) is 14.4 Å². The van der Waals surface area contributed by atoms with Gasteiger partial charge in [-0.15, -0.1) is 21.9 Å². The molecule has 10 aromatic carbocycles. The fraction of sp³-hybridized carbons (Fsp3) is 0.330. The van der Waals surface area contributed by atoms with E-state index in [9.17, 15) is 67.1 Å². The Kier molecular flexibility index (Phi) is 22.7. The van der Waals surface area contributed by atoms with Crippen molar-refractivity contribution in [3.8, 4) is 0 Å². The lowest BCUT2D eigenvalue weighted by molar-refractivity contribution is -0.0353. The Labute approximate surface area is 704 Å². The molecule has 0 amide bonds. The third-order valence-electron chi connectivity index (χ3n) is 27.5. The molecule has 634 valence electrons. The van der Waals surface area contributed by atoms with E-state index < -0.39 is 144 Å². The predicted octanol–water partition coefficient (Wildman–Crippen LogP) is 24.9. The predicted molar refractivity (Wildman–Crippen MR) is 424 cm³/mol. The van der Waals surface area contributed by atoms with Crippen LogP contribution in [-0.2, 0) is 10.9 Å². The summed E-state index contributed by atoms with van der Waals surface area (Å²) in [6.07, 6.45) is 14.9. The second-order valence-corrected chi connectivity index (χ2v) is 40.4. The van der Waals surface area contributed by atoms with E-state index in [1.807, 2.05) is 0 Å². The second-order valence-electron chi connectivity index (χ2n) is 35.0. The molecule has 12 saturated carbocycles. The number of hydrogen-bond acceptors (Lipinski definition) is 6. The van der Waals surface area contributed by atoms with Crippen molar-refractivity contribution in [2.24, 2.45) is 69.5 Å². The first-order chi connectivity index (χ1) is 57.8. The molecule has 22 rings (SSSR count). The van der Waals surface area contributed by atoms with Gasteiger partial charge in [0.1, 0.15) is 52.7 Å². The molecule has 0 N–H and O–H groups in total. The van der Waals surface area contributed by atoms with Gasteiger partial charge in [-0.2, -0.15) is 0 Å². The van der Waals surface area contributed by atoms with Gasteiger partial charge in [0.15, 0.2) is 102 Å². The zero-order valence-corrected chi connectivity index (χ0v) is 67.0. The van der Waals surface area contributed by atoms with Crippen molar-refractivity contribution in [3.05, 3.63) is 279 Å². The van der Waals surface area contributed by atoms with Crippen LogP contribution >= 0.6 is 35.3 Å². The first kappa shape index (κ1) is 85.4. The summed E-state index contributed by atoms with van der Waals surface area (Å²) < 4.78 is 294. The van der Waals surface area contributed by atoms with Gasteiger partial charge in [-0.1, -0.05) is 79.1 Å². The van der Waals surface area contributed by atoms with Gasteiger partial charge in [0.05, 0.1) is 10.9 Å². The number of ketones is 3. The Morgan fingerprint density at radius 3 is 0.525 bits per heavy atom. The summed E-state index contributed by atoms with van der Waals surface area (Å²) in [6, 6.07) is 52.9. The second kappa shape index (κ2) is 32.4. The third kappa shape index (κ3) is 14.4. The van der Waals surface area contributed by atoms with E-state index in [4.69, 9.17) is 0 Å². The number of Topliss-reactive ketones (excluding diaryl/α,β-unsaturated/α-hetero) is 3. The smallest absolute Gasteiger partial charge is 0.200 e. The number of carbonyl (C=O) groups excluding carboxylic acids is 3. The van der Waals surface area contributed by atoms with E-state index >= 15 is 35.1 Å². The molecule has 12 fully saturated rings. The molecule has 0 saturated heterocycles. The van der Waals surface area contributed by atoms with Gasteiger partial charge in [0.2, 0.25) is 0 Å². The van der Waals surface area contributed by atoms with E-state index in [-0.39, 0.29) is 34.6 Å². The highest BCUT2D eigenvalue weighted by molar-refractivity contribution is 8.00. The minimum atomic E-state index is -7.22. The zero-order valence-electron chi connectivity index (χ0n) is 63.8. The van der Waals surface area contributed by atoms with E-state index in [0.717, 1.165) is 142 Å². The molecule has 0 spiro atoms. The van der Waals surface area contributed by atoms with Gasteiger partial charge in [0.25, 0.3) is 0 Å². The monoisotopic (exact) mass is 1770 g/mol. The van der Waals surface area contributed by atoms with Crippen LogP contribution in [0.15, 0.2) is 190 Å². The van der Waals surface area contributed by atoms with Crippen LogP contribution in [0.1, 0.15) is 154 Å². The number of halogens is 20. The lowest BCUT2D eigenvalue weighted by Gasteiger charge is -2.56. The quantitative estimate of drug-likeness (QED) is 0.0201. The highest BCUT2D eigenvalue weighted by Crippen LogP contribution is 2.64. The molecule has 3 nitrogen and oxygen atoms in total. The van der Waals surface area contributed by atoms with Crippen molar-refractivity contribution in [3.63, 3.8) is 0 Å². The average Bonchev–Trinajstić information content (AvgIpc) is 0.678. The molecule has 28 heteroatoms. The molecule has 0 radical (unpaired) electrons. The van der Waals surface area contributed by atoms with Crippen LogP contribution in [0.5, 0.6) is 0 Å². The van der Waals surface area contributed by atoms with E-state index in [1.54, 1.807) is 35.3 Å².